The summed E-state index contributed by atoms with van der Waals surface area (Å²) in [5, 5.41) is 4.24. The second kappa shape index (κ2) is 9.93. The minimum atomic E-state index is -0.218. The number of amides is 1. The molecule has 2 heterocycles. The second-order valence-electron chi connectivity index (χ2n) is 6.94. The van der Waals surface area contributed by atoms with E-state index in [4.69, 9.17) is 20.8 Å². The van der Waals surface area contributed by atoms with Crippen LogP contribution in [0.2, 0.25) is 5.02 Å². The normalized spacial score (nSPS) is 10.9. The van der Waals surface area contributed by atoms with Gasteiger partial charge in [-0.2, -0.15) is 0 Å². The number of rotatable bonds is 8. The molecule has 2 aromatic heterocycles. The molecule has 9 heteroatoms. The van der Waals surface area contributed by atoms with E-state index in [1.807, 2.05) is 24.3 Å². The zero-order valence-corrected chi connectivity index (χ0v) is 18.8. The minimum absolute atomic E-state index is 0.104. The summed E-state index contributed by atoms with van der Waals surface area (Å²) in [5.74, 6) is 1.31. The topological polar surface area (TPSA) is 86.4 Å². The van der Waals surface area contributed by atoms with Crippen molar-refractivity contribution in [1.29, 1.82) is 0 Å². The zero-order valence-electron chi connectivity index (χ0n) is 17.2. The molecule has 4 rings (SSSR count). The van der Waals surface area contributed by atoms with Crippen LogP contribution >= 0.6 is 23.4 Å². The number of carbonyl (C=O) groups excluding carboxylic acids is 1. The van der Waals surface area contributed by atoms with E-state index in [1.54, 1.807) is 43.7 Å². The van der Waals surface area contributed by atoms with Gasteiger partial charge in [-0.1, -0.05) is 35.5 Å². The number of halogens is 1. The number of fused-ring (bicyclic) bond motifs is 1. The summed E-state index contributed by atoms with van der Waals surface area (Å²) in [7, 11) is 1.61. The lowest BCUT2D eigenvalue weighted by atomic mass is 10.2. The molecule has 0 aliphatic carbocycles. The Kier molecular flexibility index (Phi) is 6.82. The molecule has 7 nitrogen and oxygen atoms in total. The number of hydrogen-bond acceptors (Lipinski definition) is 6. The van der Waals surface area contributed by atoms with Gasteiger partial charge in [0.05, 0.1) is 36.6 Å². The molecule has 1 amide bonds. The molecule has 0 unspecified atom stereocenters. The summed E-state index contributed by atoms with van der Waals surface area (Å²) in [6.45, 7) is 0.608. The Bertz CT molecular complexity index is 1290. The van der Waals surface area contributed by atoms with Gasteiger partial charge in [-0.05, 0) is 48.0 Å². The molecule has 0 saturated heterocycles. The van der Waals surface area contributed by atoms with Crippen LogP contribution in [0.4, 0.5) is 0 Å². The first-order chi connectivity index (χ1) is 15.5. The summed E-state index contributed by atoms with van der Waals surface area (Å²) in [6, 6.07) is 16.0. The Morgan fingerprint density at radius 3 is 2.75 bits per heavy atom. The first-order valence-corrected chi connectivity index (χ1v) is 11.1. The number of hydrogen-bond donors (Lipinski definition) is 1. The van der Waals surface area contributed by atoms with Gasteiger partial charge in [0.25, 0.3) is 5.56 Å². The van der Waals surface area contributed by atoms with Crippen molar-refractivity contribution in [2.45, 2.75) is 18.2 Å². The molecule has 4 aromatic rings. The number of methoxy groups -OCH3 is 1. The van der Waals surface area contributed by atoms with E-state index in [9.17, 15) is 9.59 Å². The van der Waals surface area contributed by atoms with Gasteiger partial charge in [-0.3, -0.25) is 14.2 Å². The lowest BCUT2D eigenvalue weighted by molar-refractivity contribution is -0.118. The van der Waals surface area contributed by atoms with E-state index in [-0.39, 0.29) is 23.8 Å². The maximum atomic E-state index is 13.1. The average Bonchev–Trinajstić information content (AvgIpc) is 3.32. The molecule has 0 saturated carbocycles. The number of thioether (sulfide) groups is 1. The highest BCUT2D eigenvalue weighted by Crippen LogP contribution is 2.21. The van der Waals surface area contributed by atoms with Crippen LogP contribution < -0.4 is 15.6 Å². The maximum Gasteiger partial charge on any atom is 0.262 e. The number of ether oxygens (including phenoxy) is 1. The molecule has 0 radical (unpaired) electrons. The van der Waals surface area contributed by atoms with Gasteiger partial charge in [0.15, 0.2) is 5.16 Å². The number of nitrogens with zero attached hydrogens (tertiary/aromatic N) is 2. The van der Waals surface area contributed by atoms with Crippen LogP contribution in [0.3, 0.4) is 0 Å². The van der Waals surface area contributed by atoms with Crippen LogP contribution in [-0.2, 0) is 17.9 Å². The molecule has 0 aliphatic rings. The lowest BCUT2D eigenvalue weighted by Gasteiger charge is -2.12. The van der Waals surface area contributed by atoms with Crippen LogP contribution in [0.25, 0.3) is 10.9 Å². The van der Waals surface area contributed by atoms with Gasteiger partial charge in [-0.15, -0.1) is 0 Å². The Morgan fingerprint density at radius 1 is 1.22 bits per heavy atom. The van der Waals surface area contributed by atoms with Gasteiger partial charge >= 0.3 is 0 Å². The molecule has 0 atom stereocenters. The van der Waals surface area contributed by atoms with E-state index < -0.39 is 0 Å². The number of aromatic nitrogens is 2. The van der Waals surface area contributed by atoms with Crippen molar-refractivity contribution in [3.63, 3.8) is 0 Å². The van der Waals surface area contributed by atoms with Crippen LogP contribution in [0.1, 0.15) is 11.3 Å². The largest absolute Gasteiger partial charge is 0.497 e. The molecular weight excluding hydrogens is 450 g/mol. The van der Waals surface area contributed by atoms with E-state index in [0.29, 0.717) is 33.4 Å². The minimum Gasteiger partial charge on any atom is -0.497 e. The fraction of sp³-hybridized carbons (Fsp3) is 0.174. The Hall–Kier alpha value is -3.23. The van der Waals surface area contributed by atoms with Crippen LogP contribution in [0, 0.1) is 0 Å². The van der Waals surface area contributed by atoms with Crippen molar-refractivity contribution >= 4 is 40.2 Å². The predicted molar refractivity (Wildman–Crippen MR) is 124 cm³/mol. The predicted octanol–water partition coefficient (Wildman–Crippen LogP) is 4.11. The quantitative estimate of drug-likeness (QED) is 0.309. The number of nitrogens with one attached hydrogen (secondary N) is 1. The van der Waals surface area contributed by atoms with E-state index >= 15 is 0 Å². The highest BCUT2D eigenvalue weighted by atomic mass is 35.5. The highest BCUT2D eigenvalue weighted by molar-refractivity contribution is 7.99. The summed E-state index contributed by atoms with van der Waals surface area (Å²) in [6.07, 6.45) is 1.55. The monoisotopic (exact) mass is 469 g/mol. The van der Waals surface area contributed by atoms with E-state index in [1.165, 1.54) is 16.3 Å². The number of furan rings is 1. The summed E-state index contributed by atoms with van der Waals surface area (Å²) in [5.41, 5.74) is 1.22. The van der Waals surface area contributed by atoms with Gasteiger partial charge in [0, 0.05) is 11.6 Å². The Morgan fingerprint density at radius 2 is 2.03 bits per heavy atom. The standard InChI is InChI=1S/C23H20ClN3O4S/c1-30-17-7-4-15(5-8-17)12-25-21(28)14-32-23-26-20-11-16(24)6-9-19(20)22(29)27(23)13-18-3-2-10-31-18/h2-11H,12-14H2,1H3,(H,25,28). The summed E-state index contributed by atoms with van der Waals surface area (Å²) >= 11 is 7.27. The molecule has 164 valence electrons. The maximum absolute atomic E-state index is 13.1. The number of benzene rings is 2. The lowest BCUT2D eigenvalue weighted by Crippen LogP contribution is -2.27. The highest BCUT2D eigenvalue weighted by Gasteiger charge is 2.15. The molecule has 32 heavy (non-hydrogen) atoms. The van der Waals surface area contributed by atoms with Crippen LogP contribution in [-0.4, -0.2) is 28.3 Å². The third-order valence-corrected chi connectivity index (χ3v) is 5.97. The summed E-state index contributed by atoms with van der Waals surface area (Å²) < 4.78 is 12.1. The van der Waals surface area contributed by atoms with Crippen LogP contribution in [0.5, 0.6) is 5.75 Å². The van der Waals surface area contributed by atoms with Gasteiger partial charge in [0.2, 0.25) is 5.91 Å². The third kappa shape index (κ3) is 5.15. The second-order valence-corrected chi connectivity index (χ2v) is 8.32. The smallest absolute Gasteiger partial charge is 0.262 e. The number of carbonyl (C=O) groups is 1. The molecule has 1 N–H and O–H groups in total. The van der Waals surface area contributed by atoms with E-state index in [0.717, 1.165) is 11.3 Å². The van der Waals surface area contributed by atoms with Gasteiger partial charge < -0.3 is 14.5 Å². The Labute approximate surface area is 193 Å². The molecule has 0 spiro atoms. The van der Waals surface area contributed by atoms with Crippen molar-refractivity contribution in [3.8, 4) is 5.75 Å². The SMILES string of the molecule is COc1ccc(CNC(=O)CSc2nc3cc(Cl)ccc3c(=O)n2Cc2ccco2)cc1. The Balaban J connectivity index is 1.51. The zero-order chi connectivity index (χ0) is 22.5. The van der Waals surface area contributed by atoms with Crippen molar-refractivity contribution in [1.82, 2.24) is 14.9 Å². The molecular formula is C23H20ClN3O4S. The fourth-order valence-electron chi connectivity index (χ4n) is 3.11. The van der Waals surface area contributed by atoms with Crippen molar-refractivity contribution in [2.24, 2.45) is 0 Å². The first-order valence-electron chi connectivity index (χ1n) is 9.78. The van der Waals surface area contributed by atoms with Crippen molar-refractivity contribution in [2.75, 3.05) is 12.9 Å². The molecule has 2 aromatic carbocycles. The van der Waals surface area contributed by atoms with Gasteiger partial charge in [-0.25, -0.2) is 4.98 Å². The molecule has 0 fully saturated rings. The van der Waals surface area contributed by atoms with Crippen molar-refractivity contribution < 1.29 is 13.9 Å². The van der Waals surface area contributed by atoms with Crippen molar-refractivity contribution in [3.05, 3.63) is 87.6 Å². The summed E-state index contributed by atoms with van der Waals surface area (Å²) in [4.78, 5) is 30.1. The molecule has 0 aliphatic heterocycles. The average molecular weight is 470 g/mol. The first kappa shape index (κ1) is 22.0. The van der Waals surface area contributed by atoms with E-state index in [2.05, 4.69) is 10.3 Å². The third-order valence-electron chi connectivity index (χ3n) is 4.76. The van der Waals surface area contributed by atoms with Gasteiger partial charge in [0.1, 0.15) is 11.5 Å². The fourth-order valence-corrected chi connectivity index (χ4v) is 4.10. The molecule has 0 bridgehead atoms. The van der Waals surface area contributed by atoms with Crippen LogP contribution in [0.15, 0.2) is 75.2 Å².